The quantitative estimate of drug-likeness (QED) is 0.537. The van der Waals surface area contributed by atoms with Gasteiger partial charge >= 0.3 is 0 Å². The number of nitrogens with two attached hydrogens (primary N) is 1. The molecule has 0 aromatic carbocycles. The molecule has 0 aromatic rings. The van der Waals surface area contributed by atoms with E-state index in [4.69, 9.17) is 5.73 Å². The molecular weight excluding hydrogens is 196 g/mol. The Bertz CT molecular complexity index is 320. The number of carbonyl (C=O) groups is 2. The maximum Gasteiger partial charge on any atom is 0.267 e. The van der Waals surface area contributed by atoms with Gasteiger partial charge in [-0.2, -0.15) is 5.10 Å². The summed E-state index contributed by atoms with van der Waals surface area (Å²) in [5.74, 6) is -0.330. The van der Waals surface area contributed by atoms with Crippen molar-refractivity contribution in [2.75, 3.05) is 0 Å². The van der Waals surface area contributed by atoms with Crippen molar-refractivity contribution in [3.8, 4) is 0 Å². The predicted octanol–water partition coefficient (Wildman–Crippen LogP) is -1.14. The predicted molar refractivity (Wildman–Crippen MR) is 54.0 cm³/mol. The van der Waals surface area contributed by atoms with Gasteiger partial charge in [-0.25, -0.2) is 5.43 Å². The number of rotatable bonds is 2. The fourth-order valence-electron chi connectivity index (χ4n) is 1.69. The molecule has 0 spiro atoms. The van der Waals surface area contributed by atoms with Crippen molar-refractivity contribution in [3.05, 3.63) is 0 Å². The van der Waals surface area contributed by atoms with E-state index in [2.05, 4.69) is 15.8 Å². The molecule has 0 unspecified atom stereocenters. The minimum atomic E-state index is -0.188. The Hall–Kier alpha value is -1.43. The molecule has 1 heterocycles. The van der Waals surface area contributed by atoms with Crippen molar-refractivity contribution in [2.24, 2.45) is 10.8 Å². The third-order valence-electron chi connectivity index (χ3n) is 2.68. The smallest absolute Gasteiger partial charge is 0.267 e. The molecule has 6 nitrogen and oxygen atoms in total. The third-order valence-corrected chi connectivity index (χ3v) is 2.68. The van der Waals surface area contributed by atoms with Gasteiger partial charge in [0.1, 0.15) is 5.71 Å². The van der Waals surface area contributed by atoms with Gasteiger partial charge in [-0.15, -0.1) is 0 Å². The van der Waals surface area contributed by atoms with Crippen LogP contribution in [-0.2, 0) is 9.59 Å². The standard InChI is InChI=1S/C9H14N4O2/c10-5-3-6(4-5)11-9(15)7-1-2-8(14)13-12-7/h5-6H,1-4,10H2,(H,11,15)(H,13,14). The lowest BCUT2D eigenvalue weighted by molar-refractivity contribution is -0.121. The molecular formula is C9H14N4O2. The number of hydrazone groups is 1. The highest BCUT2D eigenvalue weighted by molar-refractivity contribution is 6.39. The highest BCUT2D eigenvalue weighted by atomic mass is 16.2. The molecule has 2 rings (SSSR count). The third kappa shape index (κ3) is 2.33. The lowest BCUT2D eigenvalue weighted by Gasteiger charge is -2.33. The fraction of sp³-hybridized carbons (Fsp3) is 0.667. The number of carbonyl (C=O) groups excluding carboxylic acids is 2. The number of hydrogen-bond donors (Lipinski definition) is 3. The van der Waals surface area contributed by atoms with Crippen LogP contribution in [0.15, 0.2) is 5.10 Å². The first-order chi connectivity index (χ1) is 7.15. The van der Waals surface area contributed by atoms with Crippen LogP contribution in [0.3, 0.4) is 0 Å². The zero-order valence-corrected chi connectivity index (χ0v) is 8.32. The summed E-state index contributed by atoms with van der Waals surface area (Å²) in [6, 6.07) is 0.385. The molecule has 0 aromatic heterocycles. The topological polar surface area (TPSA) is 96.6 Å². The highest BCUT2D eigenvalue weighted by Crippen LogP contribution is 2.17. The van der Waals surface area contributed by atoms with E-state index in [1.54, 1.807) is 0 Å². The Kier molecular flexibility index (Phi) is 2.68. The Labute approximate surface area is 87.3 Å². The second-order valence-corrected chi connectivity index (χ2v) is 4.00. The summed E-state index contributed by atoms with van der Waals surface area (Å²) in [4.78, 5) is 22.4. The molecule has 2 amide bonds. The molecule has 2 aliphatic rings. The van der Waals surface area contributed by atoms with Gasteiger partial charge in [0.05, 0.1) is 0 Å². The normalized spacial score (nSPS) is 29.9. The van der Waals surface area contributed by atoms with E-state index in [0.717, 1.165) is 12.8 Å². The zero-order valence-electron chi connectivity index (χ0n) is 8.32. The molecule has 6 heteroatoms. The van der Waals surface area contributed by atoms with Crippen LogP contribution >= 0.6 is 0 Å². The summed E-state index contributed by atoms with van der Waals surface area (Å²) in [6.45, 7) is 0. The Morgan fingerprint density at radius 3 is 2.73 bits per heavy atom. The number of nitrogens with one attached hydrogen (secondary N) is 2. The van der Waals surface area contributed by atoms with Crippen molar-refractivity contribution in [2.45, 2.75) is 37.8 Å². The Morgan fingerprint density at radius 2 is 2.20 bits per heavy atom. The van der Waals surface area contributed by atoms with E-state index in [0.29, 0.717) is 18.6 Å². The van der Waals surface area contributed by atoms with Gasteiger partial charge in [0.25, 0.3) is 5.91 Å². The van der Waals surface area contributed by atoms with Crippen LogP contribution in [0.25, 0.3) is 0 Å². The van der Waals surface area contributed by atoms with E-state index < -0.39 is 0 Å². The summed E-state index contributed by atoms with van der Waals surface area (Å²) in [5.41, 5.74) is 8.30. The van der Waals surface area contributed by atoms with E-state index in [1.807, 2.05) is 0 Å². The number of nitrogens with zero attached hydrogens (tertiary/aromatic N) is 1. The van der Waals surface area contributed by atoms with Crippen LogP contribution in [-0.4, -0.2) is 29.6 Å². The fourth-order valence-corrected chi connectivity index (χ4v) is 1.69. The van der Waals surface area contributed by atoms with Crippen LogP contribution in [0.1, 0.15) is 25.7 Å². The monoisotopic (exact) mass is 210 g/mol. The van der Waals surface area contributed by atoms with Crippen molar-refractivity contribution in [1.29, 1.82) is 0 Å². The molecule has 1 aliphatic heterocycles. The number of hydrogen-bond acceptors (Lipinski definition) is 4. The first kappa shape index (κ1) is 10.1. The largest absolute Gasteiger partial charge is 0.348 e. The van der Waals surface area contributed by atoms with Crippen LogP contribution in [0.5, 0.6) is 0 Å². The molecule has 0 radical (unpaired) electrons. The van der Waals surface area contributed by atoms with E-state index in [-0.39, 0.29) is 23.9 Å². The Morgan fingerprint density at radius 1 is 1.47 bits per heavy atom. The van der Waals surface area contributed by atoms with E-state index in [9.17, 15) is 9.59 Å². The molecule has 1 fully saturated rings. The minimum absolute atomic E-state index is 0.141. The lowest BCUT2D eigenvalue weighted by Crippen LogP contribution is -2.52. The average molecular weight is 210 g/mol. The van der Waals surface area contributed by atoms with Crippen molar-refractivity contribution < 1.29 is 9.59 Å². The first-order valence-corrected chi connectivity index (χ1v) is 5.07. The van der Waals surface area contributed by atoms with Gasteiger partial charge in [-0.1, -0.05) is 0 Å². The molecule has 0 bridgehead atoms. The van der Waals surface area contributed by atoms with Gasteiger partial charge in [0.2, 0.25) is 5.91 Å². The summed E-state index contributed by atoms with van der Waals surface area (Å²) in [7, 11) is 0. The molecule has 4 N–H and O–H groups in total. The highest BCUT2D eigenvalue weighted by Gasteiger charge is 2.29. The second kappa shape index (κ2) is 3.98. The van der Waals surface area contributed by atoms with Crippen LogP contribution in [0.4, 0.5) is 0 Å². The van der Waals surface area contributed by atoms with Crippen LogP contribution in [0.2, 0.25) is 0 Å². The van der Waals surface area contributed by atoms with Crippen molar-refractivity contribution in [3.63, 3.8) is 0 Å². The molecule has 0 saturated heterocycles. The first-order valence-electron chi connectivity index (χ1n) is 5.07. The SMILES string of the molecule is NC1CC(NC(=O)C2=NNC(=O)CC2)C1. The maximum atomic E-state index is 11.6. The summed E-state index contributed by atoms with van der Waals surface area (Å²) >= 11 is 0. The van der Waals surface area contributed by atoms with Gasteiger partial charge in [0, 0.05) is 24.9 Å². The Balaban J connectivity index is 1.83. The van der Waals surface area contributed by atoms with Gasteiger partial charge in [-0.05, 0) is 12.8 Å². The van der Waals surface area contributed by atoms with Crippen molar-refractivity contribution in [1.82, 2.24) is 10.7 Å². The maximum absolute atomic E-state index is 11.6. The molecule has 1 aliphatic carbocycles. The molecule has 15 heavy (non-hydrogen) atoms. The van der Waals surface area contributed by atoms with Crippen LogP contribution < -0.4 is 16.5 Å². The van der Waals surface area contributed by atoms with Crippen molar-refractivity contribution >= 4 is 17.5 Å². The molecule has 1 saturated carbocycles. The van der Waals surface area contributed by atoms with Gasteiger partial charge in [-0.3, -0.25) is 9.59 Å². The van der Waals surface area contributed by atoms with Gasteiger partial charge < -0.3 is 11.1 Å². The summed E-state index contributed by atoms with van der Waals surface area (Å²) in [6.07, 6.45) is 2.39. The van der Waals surface area contributed by atoms with E-state index >= 15 is 0 Å². The average Bonchev–Trinajstić information content (AvgIpc) is 2.16. The molecule has 0 atom stereocenters. The summed E-state index contributed by atoms with van der Waals surface area (Å²) in [5, 5.41) is 6.54. The van der Waals surface area contributed by atoms with E-state index in [1.165, 1.54) is 0 Å². The number of amides is 2. The molecule has 82 valence electrons. The second-order valence-electron chi connectivity index (χ2n) is 4.00. The lowest BCUT2D eigenvalue weighted by atomic mass is 9.87. The zero-order chi connectivity index (χ0) is 10.8. The summed E-state index contributed by atoms with van der Waals surface area (Å²) < 4.78 is 0. The van der Waals surface area contributed by atoms with Gasteiger partial charge in [0.15, 0.2) is 0 Å². The minimum Gasteiger partial charge on any atom is -0.348 e. The van der Waals surface area contributed by atoms with Crippen LogP contribution in [0, 0.1) is 0 Å².